The van der Waals surface area contributed by atoms with E-state index in [4.69, 9.17) is 16.3 Å². The maximum absolute atomic E-state index is 11.1. The largest absolute Gasteiger partial charge is 0.495 e. The van der Waals surface area contributed by atoms with Crippen molar-refractivity contribution in [3.8, 4) is 5.75 Å². The number of halogens is 1. The molecule has 2 N–H and O–H groups in total. The standard InChI is InChI=1S/C15H17ClN2O2S/c1-9(11-6-15(16)21-8-11)17-13-7-12(18-10(2)19)4-5-14(13)20-3/h4-9,17H,1-3H3,(H,18,19). The van der Waals surface area contributed by atoms with Crippen molar-refractivity contribution in [1.82, 2.24) is 0 Å². The molecule has 1 aromatic carbocycles. The van der Waals surface area contributed by atoms with E-state index in [9.17, 15) is 4.79 Å². The average Bonchev–Trinajstić information content (AvgIpc) is 2.85. The Morgan fingerprint density at radius 2 is 2.14 bits per heavy atom. The first-order valence-electron chi connectivity index (χ1n) is 6.45. The molecule has 0 spiro atoms. The summed E-state index contributed by atoms with van der Waals surface area (Å²) in [5, 5.41) is 8.15. The Kier molecular flexibility index (Phi) is 5.09. The number of carbonyl (C=O) groups is 1. The Bertz CT molecular complexity index is 642. The van der Waals surface area contributed by atoms with E-state index in [1.807, 2.05) is 30.5 Å². The number of thiophene rings is 1. The first-order valence-corrected chi connectivity index (χ1v) is 7.71. The van der Waals surface area contributed by atoms with Crippen LogP contribution in [0.25, 0.3) is 0 Å². The van der Waals surface area contributed by atoms with Crippen LogP contribution in [-0.4, -0.2) is 13.0 Å². The van der Waals surface area contributed by atoms with Crippen LogP contribution in [0.2, 0.25) is 4.34 Å². The summed E-state index contributed by atoms with van der Waals surface area (Å²) in [5.74, 6) is 0.612. The van der Waals surface area contributed by atoms with Crippen LogP contribution in [0.1, 0.15) is 25.5 Å². The lowest BCUT2D eigenvalue weighted by atomic mass is 10.1. The fraction of sp³-hybridized carbons (Fsp3) is 0.267. The molecule has 1 unspecified atom stereocenters. The topological polar surface area (TPSA) is 50.4 Å². The van der Waals surface area contributed by atoms with Crippen LogP contribution in [0.15, 0.2) is 29.6 Å². The van der Waals surface area contributed by atoms with E-state index >= 15 is 0 Å². The predicted octanol–water partition coefficient (Wildman–Crippen LogP) is 4.54. The molecule has 1 heterocycles. The molecule has 21 heavy (non-hydrogen) atoms. The fourth-order valence-corrected chi connectivity index (χ4v) is 2.95. The Labute approximate surface area is 133 Å². The molecule has 2 aromatic rings. The molecule has 6 heteroatoms. The highest BCUT2D eigenvalue weighted by Crippen LogP contribution is 2.32. The van der Waals surface area contributed by atoms with Gasteiger partial charge in [-0.15, -0.1) is 11.3 Å². The zero-order valence-electron chi connectivity index (χ0n) is 12.1. The van der Waals surface area contributed by atoms with Crippen molar-refractivity contribution in [3.05, 3.63) is 39.5 Å². The fourth-order valence-electron chi connectivity index (χ4n) is 1.97. The molecule has 0 fully saturated rings. The molecular formula is C15H17ClN2O2S. The number of amides is 1. The van der Waals surface area contributed by atoms with Gasteiger partial charge in [-0.05, 0) is 42.1 Å². The minimum atomic E-state index is -0.108. The van der Waals surface area contributed by atoms with Crippen molar-refractivity contribution in [2.75, 3.05) is 17.7 Å². The number of nitrogens with one attached hydrogen (secondary N) is 2. The molecule has 0 saturated carbocycles. The summed E-state index contributed by atoms with van der Waals surface area (Å²) in [6, 6.07) is 7.49. The van der Waals surface area contributed by atoms with E-state index in [0.29, 0.717) is 0 Å². The van der Waals surface area contributed by atoms with Gasteiger partial charge in [0, 0.05) is 18.7 Å². The van der Waals surface area contributed by atoms with E-state index in [1.165, 1.54) is 18.3 Å². The molecule has 0 aliphatic rings. The molecular weight excluding hydrogens is 308 g/mol. The number of ether oxygens (including phenoxy) is 1. The summed E-state index contributed by atoms with van der Waals surface area (Å²) >= 11 is 7.47. The average molecular weight is 325 g/mol. The van der Waals surface area contributed by atoms with Crippen LogP contribution < -0.4 is 15.4 Å². The van der Waals surface area contributed by atoms with Gasteiger partial charge in [0.1, 0.15) is 5.75 Å². The van der Waals surface area contributed by atoms with E-state index < -0.39 is 0 Å². The molecule has 1 aromatic heterocycles. The van der Waals surface area contributed by atoms with Crippen LogP contribution in [0, 0.1) is 0 Å². The molecule has 1 atom stereocenters. The lowest BCUT2D eigenvalue weighted by Gasteiger charge is -2.18. The number of hydrogen-bond donors (Lipinski definition) is 2. The second-order valence-corrected chi connectivity index (χ2v) is 6.19. The van der Waals surface area contributed by atoms with E-state index in [2.05, 4.69) is 10.6 Å². The van der Waals surface area contributed by atoms with Gasteiger partial charge < -0.3 is 15.4 Å². The van der Waals surface area contributed by atoms with Crippen LogP contribution in [0.3, 0.4) is 0 Å². The summed E-state index contributed by atoms with van der Waals surface area (Å²) in [6.07, 6.45) is 0. The number of methoxy groups -OCH3 is 1. The highest BCUT2D eigenvalue weighted by Gasteiger charge is 2.11. The Balaban J connectivity index is 2.22. The second-order valence-electron chi connectivity index (χ2n) is 4.65. The Morgan fingerprint density at radius 1 is 1.38 bits per heavy atom. The van der Waals surface area contributed by atoms with Gasteiger partial charge in [-0.1, -0.05) is 11.6 Å². The predicted molar refractivity (Wildman–Crippen MR) is 88.7 cm³/mol. The quantitative estimate of drug-likeness (QED) is 0.848. The maximum Gasteiger partial charge on any atom is 0.221 e. The SMILES string of the molecule is COc1ccc(NC(C)=O)cc1NC(C)c1csc(Cl)c1. The van der Waals surface area contributed by atoms with Gasteiger partial charge >= 0.3 is 0 Å². The van der Waals surface area contributed by atoms with Crippen molar-refractivity contribution < 1.29 is 9.53 Å². The molecule has 1 amide bonds. The van der Waals surface area contributed by atoms with Crippen molar-refractivity contribution in [1.29, 1.82) is 0 Å². The molecule has 0 bridgehead atoms. The summed E-state index contributed by atoms with van der Waals surface area (Å²) in [5.41, 5.74) is 2.65. The van der Waals surface area contributed by atoms with Crippen LogP contribution >= 0.6 is 22.9 Å². The van der Waals surface area contributed by atoms with Gasteiger partial charge in [0.2, 0.25) is 5.91 Å². The molecule has 0 radical (unpaired) electrons. The number of hydrogen-bond acceptors (Lipinski definition) is 4. The molecule has 4 nitrogen and oxygen atoms in total. The lowest BCUT2D eigenvalue weighted by molar-refractivity contribution is -0.114. The maximum atomic E-state index is 11.1. The van der Waals surface area contributed by atoms with E-state index in [-0.39, 0.29) is 11.9 Å². The minimum Gasteiger partial charge on any atom is -0.495 e. The van der Waals surface area contributed by atoms with Crippen molar-refractivity contribution in [3.63, 3.8) is 0 Å². The molecule has 0 aliphatic carbocycles. The lowest BCUT2D eigenvalue weighted by Crippen LogP contribution is -2.09. The van der Waals surface area contributed by atoms with Gasteiger partial charge in [0.05, 0.1) is 17.1 Å². The number of rotatable bonds is 5. The second kappa shape index (κ2) is 6.83. The number of benzene rings is 1. The summed E-state index contributed by atoms with van der Waals surface area (Å²) < 4.78 is 6.11. The van der Waals surface area contributed by atoms with E-state index in [0.717, 1.165) is 27.0 Å². The Morgan fingerprint density at radius 3 is 2.71 bits per heavy atom. The highest BCUT2D eigenvalue weighted by molar-refractivity contribution is 7.14. The van der Waals surface area contributed by atoms with Gasteiger partial charge in [-0.3, -0.25) is 4.79 Å². The number of anilines is 2. The third-order valence-corrected chi connectivity index (χ3v) is 4.09. The monoisotopic (exact) mass is 324 g/mol. The number of carbonyl (C=O) groups excluding carboxylic acids is 1. The Hall–Kier alpha value is -1.72. The van der Waals surface area contributed by atoms with Crippen molar-refractivity contribution >= 4 is 40.2 Å². The summed E-state index contributed by atoms with van der Waals surface area (Å²) in [4.78, 5) is 11.1. The van der Waals surface area contributed by atoms with Crippen LogP contribution in [0.4, 0.5) is 11.4 Å². The summed E-state index contributed by atoms with van der Waals surface area (Å²) in [7, 11) is 1.62. The van der Waals surface area contributed by atoms with Gasteiger partial charge in [-0.2, -0.15) is 0 Å². The smallest absolute Gasteiger partial charge is 0.221 e. The van der Waals surface area contributed by atoms with Gasteiger partial charge in [-0.25, -0.2) is 0 Å². The minimum absolute atomic E-state index is 0.0789. The molecule has 2 rings (SSSR count). The van der Waals surface area contributed by atoms with Gasteiger partial charge in [0.25, 0.3) is 0 Å². The first-order chi connectivity index (χ1) is 9.99. The molecule has 0 saturated heterocycles. The summed E-state index contributed by atoms with van der Waals surface area (Å²) in [6.45, 7) is 3.52. The third kappa shape index (κ3) is 4.12. The van der Waals surface area contributed by atoms with Crippen LogP contribution in [0.5, 0.6) is 5.75 Å². The van der Waals surface area contributed by atoms with Crippen molar-refractivity contribution in [2.45, 2.75) is 19.9 Å². The first kappa shape index (κ1) is 15.7. The normalized spacial score (nSPS) is 11.8. The zero-order valence-corrected chi connectivity index (χ0v) is 13.6. The van der Waals surface area contributed by atoms with Gasteiger partial charge in [0.15, 0.2) is 0 Å². The zero-order chi connectivity index (χ0) is 15.4. The van der Waals surface area contributed by atoms with E-state index in [1.54, 1.807) is 13.2 Å². The van der Waals surface area contributed by atoms with Crippen molar-refractivity contribution in [2.24, 2.45) is 0 Å². The molecule has 0 aliphatic heterocycles. The van der Waals surface area contributed by atoms with Crippen LogP contribution in [-0.2, 0) is 4.79 Å². The highest BCUT2D eigenvalue weighted by atomic mass is 35.5. The third-order valence-electron chi connectivity index (χ3n) is 2.98. The molecule has 112 valence electrons.